The highest BCUT2D eigenvalue weighted by atomic mass is 19.1. The lowest BCUT2D eigenvalue weighted by atomic mass is 10.1. The summed E-state index contributed by atoms with van der Waals surface area (Å²) in [6.45, 7) is 5.38. The van der Waals surface area contributed by atoms with Crippen molar-refractivity contribution in [3.05, 3.63) is 101 Å². The molecule has 2 aromatic heterocycles. The van der Waals surface area contributed by atoms with Crippen LogP contribution in [0.15, 0.2) is 84.1 Å². The van der Waals surface area contributed by atoms with Crippen molar-refractivity contribution >= 4 is 6.20 Å². The summed E-state index contributed by atoms with van der Waals surface area (Å²) in [5.74, 6) is -0.598. The molecule has 0 unspecified atom stereocenters. The average Bonchev–Trinajstić information content (AvgIpc) is 2.75. The Kier molecular flexibility index (Phi) is 7.16. The molecular weight excluding hydrogens is 402 g/mol. The van der Waals surface area contributed by atoms with Gasteiger partial charge in [-0.15, -0.1) is 0 Å². The van der Waals surface area contributed by atoms with Crippen molar-refractivity contribution in [1.82, 2.24) is 19.7 Å². The fraction of sp³-hybridized carbons (Fsp3) is 0.130. The first-order valence-electron chi connectivity index (χ1n) is 9.47. The van der Waals surface area contributed by atoms with E-state index >= 15 is 0 Å². The maximum absolute atomic E-state index is 13.5. The molecule has 0 aliphatic heterocycles. The number of rotatable bonds is 8. The van der Waals surface area contributed by atoms with E-state index in [9.17, 15) is 13.6 Å². The highest BCUT2D eigenvalue weighted by molar-refractivity contribution is 5.56. The van der Waals surface area contributed by atoms with Crippen LogP contribution in [0.2, 0.25) is 0 Å². The van der Waals surface area contributed by atoms with E-state index in [0.717, 1.165) is 17.2 Å². The van der Waals surface area contributed by atoms with Crippen molar-refractivity contribution in [1.29, 1.82) is 0 Å². The molecule has 31 heavy (non-hydrogen) atoms. The fourth-order valence-electron chi connectivity index (χ4n) is 2.73. The summed E-state index contributed by atoms with van der Waals surface area (Å²) in [5, 5.41) is 4.21. The Hall–Kier alpha value is -3.94. The van der Waals surface area contributed by atoms with Gasteiger partial charge in [0.05, 0.1) is 19.0 Å². The zero-order valence-electron chi connectivity index (χ0n) is 16.8. The van der Waals surface area contributed by atoms with Crippen LogP contribution in [-0.2, 0) is 6.42 Å². The molecule has 2 heterocycles. The third kappa shape index (κ3) is 6.27. The SMILES string of the molecule is C=C(F)/C=C(F)\C=C\n1ccc(=O)c(Cc2cccc(-c3ncc(OCC)cn3)c2)n1. The topological polar surface area (TPSA) is 69.9 Å². The number of benzene rings is 1. The van der Waals surface area contributed by atoms with E-state index in [1.807, 2.05) is 31.2 Å². The van der Waals surface area contributed by atoms with Crippen LogP contribution < -0.4 is 10.2 Å². The molecular formula is C23H20F2N4O2. The molecule has 0 amide bonds. The third-order valence-electron chi connectivity index (χ3n) is 4.08. The minimum absolute atomic E-state index is 0.250. The highest BCUT2D eigenvalue weighted by Gasteiger charge is 2.07. The number of allylic oxidation sites excluding steroid dienone is 4. The second-order valence-electron chi connectivity index (χ2n) is 6.45. The van der Waals surface area contributed by atoms with Gasteiger partial charge in [0, 0.05) is 36.5 Å². The van der Waals surface area contributed by atoms with Gasteiger partial charge >= 0.3 is 0 Å². The minimum atomic E-state index is -0.896. The molecule has 158 valence electrons. The average molecular weight is 422 g/mol. The van der Waals surface area contributed by atoms with Gasteiger partial charge in [0.1, 0.15) is 17.3 Å². The Bertz CT molecular complexity index is 1180. The van der Waals surface area contributed by atoms with Gasteiger partial charge < -0.3 is 4.74 Å². The lowest BCUT2D eigenvalue weighted by Crippen LogP contribution is -2.15. The van der Waals surface area contributed by atoms with Crippen LogP contribution >= 0.6 is 0 Å². The molecule has 0 aliphatic carbocycles. The first kappa shape index (κ1) is 21.8. The van der Waals surface area contributed by atoms with Crippen molar-refractivity contribution in [3.8, 4) is 17.1 Å². The predicted octanol–water partition coefficient (Wildman–Crippen LogP) is 4.50. The molecule has 0 bridgehead atoms. The van der Waals surface area contributed by atoms with E-state index < -0.39 is 11.7 Å². The Morgan fingerprint density at radius 3 is 2.71 bits per heavy atom. The number of ether oxygens (including phenoxy) is 1. The van der Waals surface area contributed by atoms with E-state index in [1.54, 1.807) is 12.4 Å². The summed E-state index contributed by atoms with van der Waals surface area (Å²) in [6.07, 6.45) is 7.82. The zero-order chi connectivity index (χ0) is 22.2. The standard InChI is InChI=1S/C23H20F2N4O2/c1-3-31-20-14-26-23(27-15-20)18-6-4-5-17(12-18)13-21-22(30)8-10-29(28-21)9-7-19(25)11-16(2)24/h4-12,14-15H,2-3,13H2,1H3/b9-7+,19-11+. The van der Waals surface area contributed by atoms with Crippen molar-refractivity contribution in [3.63, 3.8) is 0 Å². The van der Waals surface area contributed by atoms with Gasteiger partial charge in [-0.25, -0.2) is 23.4 Å². The maximum Gasteiger partial charge on any atom is 0.203 e. The second kappa shape index (κ2) is 10.2. The molecule has 0 saturated heterocycles. The number of halogens is 2. The molecule has 0 aliphatic rings. The van der Waals surface area contributed by atoms with Gasteiger partial charge in [-0.1, -0.05) is 24.8 Å². The summed E-state index contributed by atoms with van der Waals surface area (Å²) in [5.41, 5.74) is 1.65. The second-order valence-corrected chi connectivity index (χ2v) is 6.45. The van der Waals surface area contributed by atoms with E-state index in [2.05, 4.69) is 21.6 Å². The number of nitrogens with zero attached hydrogens (tertiary/aromatic N) is 4. The Morgan fingerprint density at radius 2 is 2.00 bits per heavy atom. The Labute approximate surface area is 177 Å². The fourth-order valence-corrected chi connectivity index (χ4v) is 2.73. The maximum atomic E-state index is 13.5. The predicted molar refractivity (Wildman–Crippen MR) is 115 cm³/mol. The lowest BCUT2D eigenvalue weighted by molar-refractivity contribution is 0.337. The first-order chi connectivity index (χ1) is 14.9. The monoisotopic (exact) mass is 422 g/mol. The molecule has 6 nitrogen and oxygen atoms in total. The van der Waals surface area contributed by atoms with Gasteiger partial charge in [-0.2, -0.15) is 5.10 Å². The summed E-state index contributed by atoms with van der Waals surface area (Å²) in [6, 6.07) is 8.78. The smallest absolute Gasteiger partial charge is 0.203 e. The molecule has 0 atom stereocenters. The molecule has 0 spiro atoms. The van der Waals surface area contributed by atoms with E-state index in [1.165, 1.54) is 23.1 Å². The number of hydrogen-bond donors (Lipinski definition) is 0. The van der Waals surface area contributed by atoms with Crippen LogP contribution in [-0.4, -0.2) is 26.4 Å². The Morgan fingerprint density at radius 1 is 1.23 bits per heavy atom. The van der Waals surface area contributed by atoms with Gasteiger partial charge in [-0.05, 0) is 24.6 Å². The van der Waals surface area contributed by atoms with Gasteiger partial charge in [-0.3, -0.25) is 4.79 Å². The number of hydrogen-bond acceptors (Lipinski definition) is 5. The normalized spacial score (nSPS) is 11.6. The molecule has 3 aromatic rings. The molecule has 8 heteroatoms. The van der Waals surface area contributed by atoms with Gasteiger partial charge in [0.25, 0.3) is 0 Å². The molecule has 0 fully saturated rings. The first-order valence-corrected chi connectivity index (χ1v) is 9.47. The summed E-state index contributed by atoms with van der Waals surface area (Å²) < 4.78 is 32.7. The third-order valence-corrected chi connectivity index (χ3v) is 4.08. The summed E-state index contributed by atoms with van der Waals surface area (Å²) in [7, 11) is 0. The highest BCUT2D eigenvalue weighted by Crippen LogP contribution is 2.19. The van der Waals surface area contributed by atoms with Crippen LogP contribution in [0.3, 0.4) is 0 Å². The molecule has 0 saturated carbocycles. The zero-order valence-corrected chi connectivity index (χ0v) is 16.8. The van der Waals surface area contributed by atoms with Crippen LogP contribution in [0.4, 0.5) is 8.78 Å². The quantitative estimate of drug-likeness (QED) is 0.500. The van der Waals surface area contributed by atoms with Crippen molar-refractivity contribution in [2.24, 2.45) is 0 Å². The largest absolute Gasteiger partial charge is 0.491 e. The van der Waals surface area contributed by atoms with Gasteiger partial charge in [0.15, 0.2) is 11.6 Å². The van der Waals surface area contributed by atoms with E-state index in [-0.39, 0.29) is 17.5 Å². The lowest BCUT2D eigenvalue weighted by Gasteiger charge is -2.06. The molecule has 0 radical (unpaired) electrons. The van der Waals surface area contributed by atoms with Crippen molar-refractivity contribution < 1.29 is 13.5 Å². The van der Waals surface area contributed by atoms with E-state index in [4.69, 9.17) is 4.74 Å². The van der Waals surface area contributed by atoms with E-state index in [0.29, 0.717) is 24.3 Å². The van der Waals surface area contributed by atoms with Crippen LogP contribution in [0.1, 0.15) is 18.2 Å². The van der Waals surface area contributed by atoms with Crippen molar-refractivity contribution in [2.45, 2.75) is 13.3 Å². The molecule has 1 aromatic carbocycles. The summed E-state index contributed by atoms with van der Waals surface area (Å²) >= 11 is 0. The van der Waals surface area contributed by atoms with Crippen LogP contribution in [0.5, 0.6) is 5.75 Å². The molecule has 3 rings (SSSR count). The Balaban J connectivity index is 1.81. The number of aromatic nitrogens is 4. The summed E-state index contributed by atoms with van der Waals surface area (Å²) in [4.78, 5) is 20.8. The molecule has 0 N–H and O–H groups in total. The van der Waals surface area contributed by atoms with Crippen LogP contribution in [0.25, 0.3) is 17.6 Å². The van der Waals surface area contributed by atoms with Gasteiger partial charge in [0.2, 0.25) is 5.43 Å². The van der Waals surface area contributed by atoms with Crippen molar-refractivity contribution in [2.75, 3.05) is 6.61 Å². The minimum Gasteiger partial charge on any atom is -0.491 e. The van der Waals surface area contributed by atoms with Crippen LogP contribution in [0, 0.1) is 0 Å².